The zero-order chi connectivity index (χ0) is 17.2. The molecule has 3 aromatic rings. The normalized spacial score (nSPS) is 15.4. The van der Waals surface area contributed by atoms with E-state index in [0.29, 0.717) is 11.2 Å². The van der Waals surface area contributed by atoms with Crippen LogP contribution in [0.15, 0.2) is 42.9 Å². The Morgan fingerprint density at radius 3 is 2.52 bits per heavy atom. The van der Waals surface area contributed by atoms with Gasteiger partial charge in [-0.05, 0) is 30.7 Å². The average molecular weight is 341 g/mol. The number of fused-ring (bicyclic) bond motifs is 1. The van der Waals surface area contributed by atoms with E-state index in [-0.39, 0.29) is 5.52 Å². The third-order valence-electron chi connectivity index (χ3n) is 4.45. The molecule has 0 amide bonds. The molecule has 0 saturated carbocycles. The fourth-order valence-corrected chi connectivity index (χ4v) is 3.21. The molecule has 0 N–H and O–H groups in total. The van der Waals surface area contributed by atoms with Crippen molar-refractivity contribution in [3.8, 4) is 0 Å². The highest BCUT2D eigenvalue weighted by Gasteiger charge is 2.20. The number of hydrogen-bond acceptors (Lipinski definition) is 5. The number of pyridine rings is 1. The lowest BCUT2D eigenvalue weighted by atomic mass is 10.2. The topological polar surface area (TPSA) is 45.2 Å². The van der Waals surface area contributed by atoms with Crippen LogP contribution in [-0.4, -0.2) is 41.1 Å². The van der Waals surface area contributed by atoms with Gasteiger partial charge < -0.3 is 9.80 Å². The number of aromatic nitrogens is 3. The van der Waals surface area contributed by atoms with Crippen LogP contribution in [0.5, 0.6) is 0 Å². The molecular formula is C18H17F2N5. The minimum atomic E-state index is -0.925. The van der Waals surface area contributed by atoms with Crippen LogP contribution in [0.2, 0.25) is 0 Å². The molecule has 2 aromatic heterocycles. The first-order valence-electron chi connectivity index (χ1n) is 8.23. The first-order valence-corrected chi connectivity index (χ1v) is 8.23. The van der Waals surface area contributed by atoms with Crippen LogP contribution in [-0.2, 0) is 0 Å². The van der Waals surface area contributed by atoms with Gasteiger partial charge in [0.1, 0.15) is 23.5 Å². The quantitative estimate of drug-likeness (QED) is 0.717. The van der Waals surface area contributed by atoms with Crippen LogP contribution >= 0.6 is 0 Å². The number of nitrogens with zero attached hydrogens (tertiary/aromatic N) is 5. The molecule has 128 valence electrons. The Morgan fingerprint density at radius 2 is 1.68 bits per heavy atom. The lowest BCUT2D eigenvalue weighted by Gasteiger charge is -2.24. The summed E-state index contributed by atoms with van der Waals surface area (Å²) >= 11 is 0. The zero-order valence-electron chi connectivity index (χ0n) is 13.6. The second-order valence-electron chi connectivity index (χ2n) is 5.97. The van der Waals surface area contributed by atoms with E-state index < -0.39 is 11.6 Å². The van der Waals surface area contributed by atoms with E-state index in [1.54, 1.807) is 12.3 Å². The molecule has 1 aliphatic heterocycles. The Kier molecular flexibility index (Phi) is 4.13. The SMILES string of the molecule is Fc1ccc2c(N3CCCN(c4ccccn4)CC3)ncnc2c1F. The number of anilines is 2. The molecule has 1 aliphatic rings. The van der Waals surface area contributed by atoms with Gasteiger partial charge in [0, 0.05) is 37.8 Å². The standard InChI is InChI=1S/C18H17F2N5/c19-14-6-5-13-17(16(14)20)22-12-23-18(13)25-9-3-8-24(10-11-25)15-4-1-2-7-21-15/h1-2,4-7,12H,3,8-11H2. The van der Waals surface area contributed by atoms with Crippen molar-refractivity contribution in [2.45, 2.75) is 6.42 Å². The van der Waals surface area contributed by atoms with Gasteiger partial charge in [-0.25, -0.2) is 23.7 Å². The first-order chi connectivity index (χ1) is 12.2. The van der Waals surface area contributed by atoms with Crippen LogP contribution in [0.25, 0.3) is 10.9 Å². The van der Waals surface area contributed by atoms with Crippen molar-refractivity contribution in [3.05, 3.63) is 54.5 Å². The predicted molar refractivity (Wildman–Crippen MR) is 92.7 cm³/mol. The summed E-state index contributed by atoms with van der Waals surface area (Å²) in [7, 11) is 0. The van der Waals surface area contributed by atoms with Gasteiger partial charge >= 0.3 is 0 Å². The van der Waals surface area contributed by atoms with Gasteiger partial charge in [0.2, 0.25) is 0 Å². The van der Waals surface area contributed by atoms with Gasteiger partial charge in [-0.3, -0.25) is 0 Å². The molecule has 0 atom stereocenters. The van der Waals surface area contributed by atoms with Crippen LogP contribution in [0.3, 0.4) is 0 Å². The molecule has 25 heavy (non-hydrogen) atoms. The number of benzene rings is 1. The monoisotopic (exact) mass is 341 g/mol. The summed E-state index contributed by atoms with van der Waals surface area (Å²) in [4.78, 5) is 17.0. The fourth-order valence-electron chi connectivity index (χ4n) is 3.21. The number of halogens is 2. The van der Waals surface area contributed by atoms with Crippen molar-refractivity contribution < 1.29 is 8.78 Å². The van der Waals surface area contributed by atoms with Gasteiger partial charge in [0.15, 0.2) is 11.6 Å². The highest BCUT2D eigenvalue weighted by Crippen LogP contribution is 2.27. The van der Waals surface area contributed by atoms with Gasteiger partial charge in [-0.1, -0.05) is 6.07 Å². The van der Waals surface area contributed by atoms with Gasteiger partial charge in [0.25, 0.3) is 0 Å². The molecule has 4 rings (SSSR count). The Labute approximate surface area is 143 Å². The van der Waals surface area contributed by atoms with Crippen molar-refractivity contribution in [2.75, 3.05) is 36.0 Å². The summed E-state index contributed by atoms with van der Waals surface area (Å²) in [6.07, 6.45) is 4.00. The van der Waals surface area contributed by atoms with E-state index in [1.807, 2.05) is 18.2 Å². The van der Waals surface area contributed by atoms with E-state index in [1.165, 1.54) is 6.33 Å². The molecule has 0 radical (unpaired) electrons. The smallest absolute Gasteiger partial charge is 0.185 e. The first kappa shape index (κ1) is 15.7. The summed E-state index contributed by atoms with van der Waals surface area (Å²) in [5.41, 5.74) is 0.0239. The maximum atomic E-state index is 14.0. The summed E-state index contributed by atoms with van der Waals surface area (Å²) in [5.74, 6) is -0.225. The maximum Gasteiger partial charge on any atom is 0.185 e. The third-order valence-corrected chi connectivity index (χ3v) is 4.45. The largest absolute Gasteiger partial charge is 0.355 e. The molecule has 0 bridgehead atoms. The van der Waals surface area contributed by atoms with Crippen LogP contribution in [0.4, 0.5) is 20.4 Å². The van der Waals surface area contributed by atoms with Gasteiger partial charge in [-0.15, -0.1) is 0 Å². The highest BCUT2D eigenvalue weighted by atomic mass is 19.2. The van der Waals surface area contributed by atoms with Crippen molar-refractivity contribution in [1.82, 2.24) is 15.0 Å². The molecule has 1 fully saturated rings. The molecule has 0 spiro atoms. The summed E-state index contributed by atoms with van der Waals surface area (Å²) in [6, 6.07) is 8.54. The molecule has 1 aromatic carbocycles. The van der Waals surface area contributed by atoms with Crippen LogP contribution in [0.1, 0.15) is 6.42 Å². The molecule has 0 unspecified atom stereocenters. The van der Waals surface area contributed by atoms with E-state index in [4.69, 9.17) is 0 Å². The molecular weight excluding hydrogens is 324 g/mol. The summed E-state index contributed by atoms with van der Waals surface area (Å²) < 4.78 is 27.5. The zero-order valence-corrected chi connectivity index (χ0v) is 13.6. The number of rotatable bonds is 2. The molecule has 1 saturated heterocycles. The van der Waals surface area contributed by atoms with Crippen LogP contribution < -0.4 is 9.80 Å². The van der Waals surface area contributed by atoms with Gasteiger partial charge in [-0.2, -0.15) is 0 Å². The Balaban J connectivity index is 1.63. The van der Waals surface area contributed by atoms with Crippen molar-refractivity contribution >= 4 is 22.5 Å². The van der Waals surface area contributed by atoms with E-state index in [0.717, 1.165) is 44.5 Å². The lowest BCUT2D eigenvalue weighted by Crippen LogP contribution is -2.31. The van der Waals surface area contributed by atoms with Crippen molar-refractivity contribution in [3.63, 3.8) is 0 Å². The minimum Gasteiger partial charge on any atom is -0.355 e. The van der Waals surface area contributed by atoms with Crippen molar-refractivity contribution in [2.24, 2.45) is 0 Å². The van der Waals surface area contributed by atoms with E-state index >= 15 is 0 Å². The Morgan fingerprint density at radius 1 is 0.840 bits per heavy atom. The average Bonchev–Trinajstić information content (AvgIpc) is 2.91. The predicted octanol–water partition coefficient (Wildman–Crippen LogP) is 3.02. The van der Waals surface area contributed by atoms with Gasteiger partial charge in [0.05, 0.1) is 0 Å². The minimum absolute atomic E-state index is 0.0239. The third kappa shape index (κ3) is 2.97. The maximum absolute atomic E-state index is 14.0. The summed E-state index contributed by atoms with van der Waals surface area (Å²) in [5, 5.41) is 0.535. The second-order valence-corrected chi connectivity index (χ2v) is 5.97. The Hall–Kier alpha value is -2.83. The van der Waals surface area contributed by atoms with E-state index in [9.17, 15) is 8.78 Å². The molecule has 5 nitrogen and oxygen atoms in total. The molecule has 3 heterocycles. The van der Waals surface area contributed by atoms with Crippen LogP contribution in [0, 0.1) is 11.6 Å². The van der Waals surface area contributed by atoms with Crippen molar-refractivity contribution in [1.29, 1.82) is 0 Å². The highest BCUT2D eigenvalue weighted by molar-refractivity contribution is 5.89. The molecule has 0 aliphatic carbocycles. The second kappa shape index (κ2) is 6.58. The molecule has 7 heteroatoms. The lowest BCUT2D eigenvalue weighted by molar-refractivity contribution is 0.515. The number of hydrogen-bond donors (Lipinski definition) is 0. The summed E-state index contributed by atoms with van der Waals surface area (Å²) in [6.45, 7) is 3.18. The Bertz CT molecular complexity index is 887. The van der Waals surface area contributed by atoms with E-state index in [2.05, 4.69) is 24.8 Å². The fraction of sp³-hybridized carbons (Fsp3) is 0.278.